The Labute approximate surface area is 993 Å². The molecule has 0 aliphatic rings. The van der Waals surface area contributed by atoms with Gasteiger partial charge in [-0.3, -0.25) is 0 Å². The largest absolute Gasteiger partial charge is 0.382 e. The minimum absolute atomic E-state index is 0. The molecule has 0 aromatic rings. The van der Waals surface area contributed by atoms with Gasteiger partial charge in [0.25, 0.3) is 0 Å². The van der Waals surface area contributed by atoms with Crippen LogP contribution in [0.4, 0.5) is 0 Å². The molecule has 0 saturated carbocycles. The molecule has 0 atom stereocenters. The fourth-order valence-corrected chi connectivity index (χ4v) is 11.8. The third kappa shape index (κ3) is 365. The van der Waals surface area contributed by atoms with Crippen molar-refractivity contribution < 1.29 is 102 Å². The first-order chi connectivity index (χ1) is 65.5. The molecule has 0 saturated heterocycles. The molecule has 0 N–H and O–H groups in total. The van der Waals surface area contributed by atoms with Gasteiger partial charge >= 0.3 is 0 Å². The van der Waals surface area contributed by atoms with Gasteiger partial charge in [-0.05, 0) is 146 Å². The van der Waals surface area contributed by atoms with Crippen LogP contribution in [0.3, 0.4) is 0 Å². The molecule has 0 unspecified atom stereocenters. The summed E-state index contributed by atoms with van der Waals surface area (Å²) in [6, 6.07) is 0. The number of rotatable bonds is 80. The van der Waals surface area contributed by atoms with Crippen molar-refractivity contribution >= 4 is 248 Å². The Morgan fingerprint density at radius 1 is 0.125 bits per heavy atom. The summed E-state index contributed by atoms with van der Waals surface area (Å²) in [5.74, 6) is 15.7. The third-order valence-corrected chi connectivity index (χ3v) is 20.8. The number of hydrogen-bond donors (Lipinski definition) is 16. The van der Waals surface area contributed by atoms with Crippen LogP contribution in [0.25, 0.3) is 0 Å². The molecule has 0 aliphatic carbocycles. The van der Waals surface area contributed by atoms with Crippen molar-refractivity contribution in [1.82, 2.24) is 0 Å². The Bertz CT molecular complexity index is 1090. The zero-order valence-corrected chi connectivity index (χ0v) is 113. The monoisotopic (exact) mass is 2700 g/mol. The van der Waals surface area contributed by atoms with Gasteiger partial charge in [0.2, 0.25) is 0 Å². The summed E-state index contributed by atoms with van der Waals surface area (Å²) in [6.07, 6.45) is 64.2. The molecule has 12 nitrogen and oxygen atoms in total. The molecule has 0 fully saturated rings. The fraction of sp³-hybridized carbons (Fsp3) is 1.00. The number of unbranched alkanes of at least 4 members (excludes halogenated alkanes) is 36. The summed E-state index contributed by atoms with van der Waals surface area (Å²) in [5.41, 5.74) is 0. The standard InChI is InChI=1S/4C7H16O3S.12C6H14S.2CH2Cl2.2Au/c4*1-8-2-3-9-4-5-10-6-7-11;12*1-2-3-4-5-6-7;2*2-1-3;;/h4*11H,2-7H2,1H3;12*7H,2-6H2,1H3;2*1H2;;. The Balaban J connectivity index is -0.0000000585. The van der Waals surface area contributed by atoms with Crippen LogP contribution in [0, 0.1) is 0 Å². The van der Waals surface area contributed by atoms with Gasteiger partial charge < -0.3 is 56.8 Å². The Morgan fingerprint density at radius 3 is 0.272 bits per heavy atom. The number of hydrogen-bond acceptors (Lipinski definition) is 28. The molecule has 0 rings (SSSR count). The van der Waals surface area contributed by atoms with E-state index in [2.05, 4.69) is 285 Å². The van der Waals surface area contributed by atoms with Crippen LogP contribution in [0.5, 0.6) is 0 Å². The number of ether oxygens (including phenoxy) is 12. The van der Waals surface area contributed by atoms with Crippen molar-refractivity contribution in [3.8, 4) is 0 Å². The van der Waals surface area contributed by atoms with Crippen molar-refractivity contribution in [2.45, 2.75) is 391 Å². The van der Waals surface area contributed by atoms with Crippen LogP contribution in [0.2, 0.25) is 0 Å². The van der Waals surface area contributed by atoms with Gasteiger partial charge in [-0.25, -0.2) is 0 Å². The number of halogens is 4. The number of methoxy groups -OCH3 is 4. The van der Waals surface area contributed by atoms with E-state index in [-0.39, 0.29) is 55.4 Å². The van der Waals surface area contributed by atoms with Crippen LogP contribution in [-0.4, -0.2) is 263 Å². The van der Waals surface area contributed by atoms with Crippen LogP contribution in [-0.2, 0) is 102 Å². The molecule has 0 amide bonds. The van der Waals surface area contributed by atoms with Gasteiger partial charge in [0.05, 0.1) is 143 Å². The smallest absolute Gasteiger partial charge is 0.0967 e. The predicted molar refractivity (Wildman–Crippen MR) is 679 cm³/mol. The van der Waals surface area contributed by atoms with Gasteiger partial charge in [0.1, 0.15) is 0 Å². The molecule has 862 valence electrons. The van der Waals surface area contributed by atoms with E-state index in [1.807, 2.05) is 0 Å². The van der Waals surface area contributed by atoms with Crippen LogP contribution in [0.1, 0.15) is 391 Å². The second kappa shape index (κ2) is 256. The maximum absolute atomic E-state index is 5.15. The molecule has 34 heteroatoms. The van der Waals surface area contributed by atoms with E-state index in [1.54, 1.807) is 28.4 Å². The van der Waals surface area contributed by atoms with Gasteiger partial charge in [0.15, 0.2) is 0 Å². The molecule has 0 bridgehead atoms. The van der Waals surface area contributed by atoms with E-state index in [4.69, 9.17) is 103 Å². The maximum Gasteiger partial charge on any atom is 0.0967 e. The van der Waals surface area contributed by atoms with Gasteiger partial charge in [0, 0.05) is 96.2 Å². The van der Waals surface area contributed by atoms with E-state index < -0.39 is 0 Å². The van der Waals surface area contributed by atoms with Gasteiger partial charge in [-0.2, -0.15) is 202 Å². The molecule has 0 heterocycles. The van der Waals surface area contributed by atoms with E-state index in [9.17, 15) is 0 Å². The van der Waals surface area contributed by atoms with Gasteiger partial charge in [-0.1, -0.05) is 314 Å². The summed E-state index contributed by atoms with van der Waals surface area (Å²) in [4.78, 5) is 0. The SMILES string of the molecule is CCCCCCS.CCCCCCS.CCCCCCS.CCCCCCS.CCCCCCS.CCCCCCS.CCCCCCS.CCCCCCS.CCCCCCS.CCCCCCS.CCCCCCS.CCCCCCS.COCCOCCOCCS.COCCOCCOCCS.COCCOCCOCCS.COCCOCCOCCS.ClCCl.ClCCl.[Au].[Au]. The Hall–Kier alpha value is 7.76. The van der Waals surface area contributed by atoms with Crippen molar-refractivity contribution in [1.29, 1.82) is 0 Å². The molecule has 0 aromatic carbocycles. The molecular weight excluding hydrogens is 2470 g/mol. The van der Waals surface area contributed by atoms with Crippen molar-refractivity contribution in [3.63, 3.8) is 0 Å². The Morgan fingerprint density at radius 2 is 0.206 bits per heavy atom. The summed E-state index contributed by atoms with van der Waals surface area (Å²) < 4.78 is 60.2. The first-order valence-corrected chi connectivity index (χ1v) is 64.3. The van der Waals surface area contributed by atoms with E-state index in [1.165, 1.54) is 308 Å². The average molecular weight is 2700 g/mol. The normalized spacial score (nSPS) is 9.44. The van der Waals surface area contributed by atoms with Crippen LogP contribution >= 0.6 is 248 Å². The van der Waals surface area contributed by atoms with Gasteiger partial charge in [-0.15, -0.1) is 46.4 Å². The molecule has 0 spiro atoms. The second-order valence-corrected chi connectivity index (χ2v) is 38.1. The quantitative estimate of drug-likeness (QED) is 0.0123. The first kappa shape index (κ1) is 191. The molecular formula is C102H236Au2Cl4O12S16. The molecule has 2 radical (unpaired) electrons. The second-order valence-electron chi connectivity index (χ2n) is 29.4. The topological polar surface area (TPSA) is 111 Å². The van der Waals surface area contributed by atoms with Crippen LogP contribution < -0.4 is 0 Å². The Kier molecular flexibility index (Phi) is 361. The van der Waals surface area contributed by atoms with E-state index in [0.717, 1.165) is 92.0 Å². The average Bonchev–Trinajstić information content (AvgIpc) is 1.16. The van der Waals surface area contributed by atoms with Crippen LogP contribution in [0.15, 0.2) is 0 Å². The van der Waals surface area contributed by atoms with Crippen molar-refractivity contribution in [2.24, 2.45) is 0 Å². The summed E-state index contributed by atoms with van der Waals surface area (Å²) >= 11 is 84.2. The number of alkyl halides is 4. The molecule has 0 aliphatic heterocycles. The summed E-state index contributed by atoms with van der Waals surface area (Å²) in [5, 5.41) is 0.389. The van der Waals surface area contributed by atoms with Crippen molar-refractivity contribution in [3.05, 3.63) is 0 Å². The predicted octanol–water partition coefficient (Wildman–Crippen LogP) is 35.2. The minimum Gasteiger partial charge on any atom is -0.382 e. The van der Waals surface area contributed by atoms with E-state index >= 15 is 0 Å². The molecule has 136 heavy (non-hydrogen) atoms. The van der Waals surface area contributed by atoms with Crippen molar-refractivity contribution in [2.75, 3.05) is 263 Å². The van der Waals surface area contributed by atoms with E-state index in [0.29, 0.717) is 132 Å². The maximum atomic E-state index is 5.15. The summed E-state index contributed by atoms with van der Waals surface area (Å²) in [6.45, 7) is 39.7. The minimum atomic E-state index is 0. The summed E-state index contributed by atoms with van der Waals surface area (Å²) in [7, 11) is 6.61. The zero-order valence-electron chi connectivity index (χ0n) is 91.0. The first-order valence-electron chi connectivity index (χ1n) is 52.0. The third-order valence-electron chi connectivity index (χ3n) is 16.3. The number of thiol groups is 16. The fourth-order valence-electron chi connectivity index (χ4n) is 8.58. The molecule has 0 aromatic heterocycles. The zero-order chi connectivity index (χ0) is 105.